The number of hydrogen-bond donors (Lipinski definition) is 2. The van der Waals surface area contributed by atoms with Gasteiger partial charge in [-0.15, -0.1) is 0 Å². The number of aryl methyl sites for hydroxylation is 1. The highest BCUT2D eigenvalue weighted by atomic mass is 79.9. The van der Waals surface area contributed by atoms with Gasteiger partial charge < -0.3 is 4.74 Å². The molecular weight excluding hydrogens is 272 g/mol. The molecule has 0 saturated heterocycles. The lowest BCUT2D eigenvalue weighted by Gasteiger charge is -2.08. The third-order valence-electron chi connectivity index (χ3n) is 2.25. The minimum Gasteiger partial charge on any atom is -0.496 e. The molecule has 0 fully saturated rings. The van der Waals surface area contributed by atoms with Gasteiger partial charge in [-0.25, -0.2) is 5.84 Å². The maximum absolute atomic E-state index is 10.9. The Morgan fingerprint density at radius 3 is 2.94 bits per heavy atom. The van der Waals surface area contributed by atoms with Crippen molar-refractivity contribution >= 4 is 21.8 Å². The summed E-state index contributed by atoms with van der Waals surface area (Å²) >= 11 is 3.41. The van der Waals surface area contributed by atoms with Crippen molar-refractivity contribution in [3.8, 4) is 5.75 Å². The maximum Gasteiger partial charge on any atom is 0.233 e. The molecule has 0 unspecified atom stereocenters. The van der Waals surface area contributed by atoms with Crippen LogP contribution < -0.4 is 16.0 Å². The van der Waals surface area contributed by atoms with Crippen LogP contribution in [-0.2, 0) is 11.2 Å². The molecule has 3 N–H and O–H groups in total. The first-order chi connectivity index (χ1) is 7.67. The standard InChI is InChI=1S/C11H15BrN2O2/c1-16-10-6-5-9(12)7-8(10)3-2-4-11(15)14-13/h5-7H,2-4,13H2,1H3,(H,14,15). The molecule has 0 atom stereocenters. The van der Waals surface area contributed by atoms with Crippen LogP contribution in [0.5, 0.6) is 5.75 Å². The molecule has 0 bridgehead atoms. The van der Waals surface area contributed by atoms with Gasteiger partial charge in [-0.05, 0) is 36.6 Å². The van der Waals surface area contributed by atoms with E-state index in [1.165, 1.54) is 0 Å². The van der Waals surface area contributed by atoms with Crippen molar-refractivity contribution in [1.82, 2.24) is 5.43 Å². The van der Waals surface area contributed by atoms with E-state index in [1.807, 2.05) is 18.2 Å². The van der Waals surface area contributed by atoms with Crippen molar-refractivity contribution in [2.45, 2.75) is 19.3 Å². The number of amides is 1. The highest BCUT2D eigenvalue weighted by molar-refractivity contribution is 9.10. The second-order valence-electron chi connectivity index (χ2n) is 3.38. The molecular formula is C11H15BrN2O2. The fourth-order valence-corrected chi connectivity index (χ4v) is 1.86. The van der Waals surface area contributed by atoms with Crippen molar-refractivity contribution in [3.63, 3.8) is 0 Å². The van der Waals surface area contributed by atoms with Crippen molar-refractivity contribution in [3.05, 3.63) is 28.2 Å². The summed E-state index contributed by atoms with van der Waals surface area (Å²) in [5, 5.41) is 0. The van der Waals surface area contributed by atoms with Gasteiger partial charge in [0.1, 0.15) is 5.75 Å². The largest absolute Gasteiger partial charge is 0.496 e. The number of benzene rings is 1. The molecule has 1 aromatic carbocycles. The van der Waals surface area contributed by atoms with Crippen LogP contribution in [0.2, 0.25) is 0 Å². The van der Waals surface area contributed by atoms with Crippen molar-refractivity contribution < 1.29 is 9.53 Å². The molecule has 0 radical (unpaired) electrons. The van der Waals surface area contributed by atoms with E-state index >= 15 is 0 Å². The number of hydrazine groups is 1. The van der Waals surface area contributed by atoms with Gasteiger partial charge in [-0.2, -0.15) is 0 Å². The lowest BCUT2D eigenvalue weighted by molar-refractivity contribution is -0.121. The average molecular weight is 287 g/mol. The third-order valence-corrected chi connectivity index (χ3v) is 2.75. The molecule has 0 aromatic heterocycles. The number of nitrogens with two attached hydrogens (primary N) is 1. The van der Waals surface area contributed by atoms with Crippen LogP contribution in [0.4, 0.5) is 0 Å². The minimum atomic E-state index is -0.144. The van der Waals surface area contributed by atoms with Crippen molar-refractivity contribution in [2.75, 3.05) is 7.11 Å². The van der Waals surface area contributed by atoms with Crippen LogP contribution in [0.25, 0.3) is 0 Å². The quantitative estimate of drug-likeness (QED) is 0.493. The summed E-state index contributed by atoms with van der Waals surface area (Å²) in [6.07, 6.45) is 1.96. The number of carbonyl (C=O) groups is 1. The first-order valence-electron chi connectivity index (χ1n) is 4.99. The van der Waals surface area contributed by atoms with Gasteiger partial charge in [-0.3, -0.25) is 10.2 Å². The van der Waals surface area contributed by atoms with Gasteiger partial charge in [0.25, 0.3) is 0 Å². The van der Waals surface area contributed by atoms with E-state index in [9.17, 15) is 4.79 Å². The summed E-state index contributed by atoms with van der Waals surface area (Å²) < 4.78 is 6.24. The molecule has 1 rings (SSSR count). The monoisotopic (exact) mass is 286 g/mol. The van der Waals surface area contributed by atoms with Gasteiger partial charge in [0.2, 0.25) is 5.91 Å². The van der Waals surface area contributed by atoms with Crippen LogP contribution in [0.3, 0.4) is 0 Å². The lowest BCUT2D eigenvalue weighted by Crippen LogP contribution is -2.29. The Hall–Kier alpha value is -1.07. The summed E-state index contributed by atoms with van der Waals surface area (Å²) in [6.45, 7) is 0. The van der Waals surface area contributed by atoms with E-state index in [0.29, 0.717) is 6.42 Å². The third kappa shape index (κ3) is 3.83. The normalized spacial score (nSPS) is 9.94. The molecule has 0 aliphatic carbocycles. The van der Waals surface area contributed by atoms with Crippen LogP contribution in [0, 0.1) is 0 Å². The summed E-state index contributed by atoms with van der Waals surface area (Å²) in [4.78, 5) is 10.9. The topological polar surface area (TPSA) is 64.3 Å². The first kappa shape index (κ1) is 13.0. The van der Waals surface area contributed by atoms with Crippen molar-refractivity contribution in [1.29, 1.82) is 0 Å². The van der Waals surface area contributed by atoms with E-state index < -0.39 is 0 Å². The second kappa shape index (κ2) is 6.50. The molecule has 0 saturated carbocycles. The number of halogens is 1. The van der Waals surface area contributed by atoms with Gasteiger partial charge in [0.15, 0.2) is 0 Å². The average Bonchev–Trinajstić information content (AvgIpc) is 2.29. The summed E-state index contributed by atoms with van der Waals surface area (Å²) in [5.41, 5.74) is 3.20. The summed E-state index contributed by atoms with van der Waals surface area (Å²) in [5.74, 6) is 5.70. The van der Waals surface area contributed by atoms with Crippen LogP contribution >= 0.6 is 15.9 Å². The molecule has 0 spiro atoms. The Balaban J connectivity index is 2.58. The van der Waals surface area contributed by atoms with E-state index in [2.05, 4.69) is 21.4 Å². The van der Waals surface area contributed by atoms with E-state index in [1.54, 1.807) is 7.11 Å². The van der Waals surface area contributed by atoms with Crippen LogP contribution in [0.15, 0.2) is 22.7 Å². The number of hydrogen-bond acceptors (Lipinski definition) is 3. The molecule has 0 heterocycles. The zero-order chi connectivity index (χ0) is 12.0. The predicted molar refractivity (Wildman–Crippen MR) is 66.0 cm³/mol. The Morgan fingerprint density at radius 2 is 2.31 bits per heavy atom. The molecule has 16 heavy (non-hydrogen) atoms. The molecule has 88 valence electrons. The molecule has 1 amide bonds. The zero-order valence-electron chi connectivity index (χ0n) is 9.13. The lowest BCUT2D eigenvalue weighted by atomic mass is 10.1. The van der Waals surface area contributed by atoms with Crippen LogP contribution in [0.1, 0.15) is 18.4 Å². The zero-order valence-corrected chi connectivity index (χ0v) is 10.7. The highest BCUT2D eigenvalue weighted by Gasteiger charge is 2.05. The van der Waals surface area contributed by atoms with Crippen molar-refractivity contribution in [2.24, 2.45) is 5.84 Å². The van der Waals surface area contributed by atoms with Gasteiger partial charge >= 0.3 is 0 Å². The fourth-order valence-electron chi connectivity index (χ4n) is 1.45. The Morgan fingerprint density at radius 1 is 1.56 bits per heavy atom. The summed E-state index contributed by atoms with van der Waals surface area (Å²) in [7, 11) is 1.64. The molecule has 0 aliphatic heterocycles. The highest BCUT2D eigenvalue weighted by Crippen LogP contribution is 2.24. The molecule has 1 aromatic rings. The van der Waals surface area contributed by atoms with Crippen LogP contribution in [-0.4, -0.2) is 13.0 Å². The number of carbonyl (C=O) groups excluding carboxylic acids is 1. The molecule has 4 nitrogen and oxygen atoms in total. The summed E-state index contributed by atoms with van der Waals surface area (Å²) in [6, 6.07) is 5.83. The van der Waals surface area contributed by atoms with E-state index in [-0.39, 0.29) is 5.91 Å². The Kier molecular flexibility index (Phi) is 5.28. The number of methoxy groups -OCH3 is 1. The number of nitrogens with one attached hydrogen (secondary N) is 1. The van der Waals surface area contributed by atoms with Gasteiger partial charge in [0.05, 0.1) is 7.11 Å². The van der Waals surface area contributed by atoms with Gasteiger partial charge in [-0.1, -0.05) is 15.9 Å². The Labute approximate surface area is 103 Å². The predicted octanol–water partition coefficient (Wildman–Crippen LogP) is 1.77. The fraction of sp³-hybridized carbons (Fsp3) is 0.364. The van der Waals surface area contributed by atoms with E-state index in [4.69, 9.17) is 10.6 Å². The maximum atomic E-state index is 10.9. The minimum absolute atomic E-state index is 0.144. The smallest absolute Gasteiger partial charge is 0.233 e. The van der Waals surface area contributed by atoms with E-state index in [0.717, 1.165) is 28.6 Å². The number of rotatable bonds is 5. The number of ether oxygens (including phenoxy) is 1. The first-order valence-corrected chi connectivity index (χ1v) is 5.78. The van der Waals surface area contributed by atoms with Gasteiger partial charge in [0, 0.05) is 10.9 Å². The SMILES string of the molecule is COc1ccc(Br)cc1CCCC(=O)NN. The second-order valence-corrected chi connectivity index (χ2v) is 4.29. The molecule has 5 heteroatoms. The Bertz CT molecular complexity index is 369. The molecule has 0 aliphatic rings.